The van der Waals surface area contributed by atoms with E-state index in [0.717, 1.165) is 0 Å². The molecule has 2 N–H and O–H groups in total. The number of rotatable bonds is 4. The Hall–Kier alpha value is -0.880. The van der Waals surface area contributed by atoms with Crippen LogP contribution in [0, 0.1) is 0 Å². The van der Waals surface area contributed by atoms with Crippen LogP contribution in [0.5, 0.6) is 5.75 Å². The third kappa shape index (κ3) is 3.36. The van der Waals surface area contributed by atoms with Crippen LogP contribution in [-0.4, -0.2) is 6.61 Å². The molecule has 1 unspecified atom stereocenters. The number of alkyl halides is 2. The topological polar surface area (TPSA) is 35.2 Å². The Morgan fingerprint density at radius 1 is 1.16 bits per heavy atom. The van der Waals surface area contributed by atoms with Gasteiger partial charge in [-0.05, 0) is 12.1 Å². The van der Waals surface area contributed by atoms with E-state index in [1.54, 1.807) is 24.3 Å². The first-order valence-electron chi connectivity index (χ1n) is 5.23. The van der Waals surface area contributed by atoms with Gasteiger partial charge in [0.05, 0.1) is 14.7 Å². The van der Waals surface area contributed by atoms with Crippen LogP contribution >= 0.6 is 34.5 Å². The first-order valence-corrected chi connectivity index (χ1v) is 6.80. The lowest BCUT2D eigenvalue weighted by Crippen LogP contribution is -2.14. The molecule has 2 nitrogen and oxygen atoms in total. The van der Waals surface area contributed by atoms with Gasteiger partial charge < -0.3 is 10.5 Å². The summed E-state index contributed by atoms with van der Waals surface area (Å²) in [7, 11) is 0. The lowest BCUT2D eigenvalue weighted by atomic mass is 10.0. The molecule has 1 atom stereocenters. The van der Waals surface area contributed by atoms with Gasteiger partial charge in [0.25, 0.3) is 0 Å². The first-order chi connectivity index (χ1) is 8.99. The van der Waals surface area contributed by atoms with Crippen LogP contribution in [0.1, 0.15) is 17.2 Å². The number of para-hydroxylation sites is 1. The Bertz CT molecular complexity index is 577. The molecule has 0 saturated carbocycles. The molecule has 19 heavy (non-hydrogen) atoms. The maximum Gasteiger partial charge on any atom is 0.387 e. The van der Waals surface area contributed by atoms with Crippen molar-refractivity contribution in [2.75, 3.05) is 0 Å². The van der Waals surface area contributed by atoms with Crippen LogP contribution in [0.3, 0.4) is 0 Å². The molecule has 2 aromatic rings. The Morgan fingerprint density at radius 2 is 1.84 bits per heavy atom. The van der Waals surface area contributed by atoms with E-state index in [4.69, 9.17) is 28.9 Å². The van der Waals surface area contributed by atoms with E-state index in [9.17, 15) is 8.78 Å². The van der Waals surface area contributed by atoms with Gasteiger partial charge in [0.1, 0.15) is 5.75 Å². The monoisotopic (exact) mass is 323 g/mol. The van der Waals surface area contributed by atoms with Crippen molar-refractivity contribution in [2.45, 2.75) is 12.7 Å². The molecule has 0 aliphatic rings. The number of halogens is 4. The normalized spacial score (nSPS) is 12.7. The molecule has 2 rings (SSSR count). The number of thiophene rings is 1. The number of ether oxygens (including phenoxy) is 1. The minimum Gasteiger partial charge on any atom is -0.434 e. The van der Waals surface area contributed by atoms with Gasteiger partial charge in [0, 0.05) is 11.1 Å². The summed E-state index contributed by atoms with van der Waals surface area (Å²) in [5.41, 5.74) is 7.06. The van der Waals surface area contributed by atoms with E-state index >= 15 is 0 Å². The highest BCUT2D eigenvalue weighted by Gasteiger charge is 2.20. The molecule has 1 aromatic heterocycles. The van der Waals surface area contributed by atoms with Gasteiger partial charge in [0.15, 0.2) is 0 Å². The van der Waals surface area contributed by atoms with Gasteiger partial charge >= 0.3 is 6.61 Å². The number of benzene rings is 1. The summed E-state index contributed by atoms with van der Waals surface area (Å²) < 4.78 is 30.1. The van der Waals surface area contributed by atoms with Crippen LogP contribution < -0.4 is 10.5 Å². The second-order valence-electron chi connectivity index (χ2n) is 3.67. The Kier molecular flexibility index (Phi) is 4.62. The Morgan fingerprint density at radius 3 is 2.42 bits per heavy atom. The molecular formula is C12H9Cl2F2NOS. The molecule has 0 aliphatic heterocycles. The lowest BCUT2D eigenvalue weighted by Gasteiger charge is -2.16. The van der Waals surface area contributed by atoms with Crippen molar-refractivity contribution in [3.8, 4) is 5.75 Å². The zero-order valence-electron chi connectivity index (χ0n) is 9.45. The summed E-state index contributed by atoms with van der Waals surface area (Å²) in [6.07, 6.45) is 0. The molecule has 0 bridgehead atoms. The fourth-order valence-electron chi connectivity index (χ4n) is 1.67. The molecule has 1 aromatic carbocycles. The quantitative estimate of drug-likeness (QED) is 0.884. The number of hydrogen-bond donors (Lipinski definition) is 1. The number of nitrogens with two attached hydrogens (primary N) is 1. The first kappa shape index (κ1) is 14.5. The molecule has 0 saturated heterocycles. The van der Waals surface area contributed by atoms with Crippen molar-refractivity contribution in [1.82, 2.24) is 0 Å². The molecule has 0 spiro atoms. The summed E-state index contributed by atoms with van der Waals surface area (Å²) in [4.78, 5) is 0. The smallest absolute Gasteiger partial charge is 0.387 e. The Labute approximate surface area is 122 Å². The molecule has 0 aliphatic carbocycles. The maximum atomic E-state index is 12.3. The highest BCUT2D eigenvalue weighted by Crippen LogP contribution is 2.38. The fraction of sp³-hybridized carbons (Fsp3) is 0.167. The van der Waals surface area contributed by atoms with E-state index in [1.807, 2.05) is 0 Å². The molecular weight excluding hydrogens is 315 g/mol. The lowest BCUT2D eigenvalue weighted by molar-refractivity contribution is -0.0505. The average Bonchev–Trinajstić information content (AvgIpc) is 2.67. The third-order valence-corrected chi connectivity index (χ3v) is 4.01. The van der Waals surface area contributed by atoms with Gasteiger partial charge in [0.2, 0.25) is 0 Å². The van der Waals surface area contributed by atoms with Crippen molar-refractivity contribution in [2.24, 2.45) is 5.73 Å². The molecule has 0 radical (unpaired) electrons. The zero-order valence-corrected chi connectivity index (χ0v) is 11.8. The van der Waals surface area contributed by atoms with Crippen molar-refractivity contribution in [3.63, 3.8) is 0 Å². The van der Waals surface area contributed by atoms with Crippen LogP contribution in [0.25, 0.3) is 0 Å². The van der Waals surface area contributed by atoms with Crippen molar-refractivity contribution in [1.29, 1.82) is 0 Å². The van der Waals surface area contributed by atoms with Gasteiger partial charge in [-0.3, -0.25) is 0 Å². The zero-order chi connectivity index (χ0) is 14.0. The second kappa shape index (κ2) is 6.05. The van der Waals surface area contributed by atoms with E-state index in [2.05, 4.69) is 4.74 Å². The highest BCUT2D eigenvalue weighted by atomic mass is 35.5. The van der Waals surface area contributed by atoms with Crippen molar-refractivity contribution >= 4 is 34.5 Å². The van der Waals surface area contributed by atoms with Crippen molar-refractivity contribution < 1.29 is 13.5 Å². The van der Waals surface area contributed by atoms with E-state index in [1.165, 1.54) is 17.4 Å². The van der Waals surface area contributed by atoms with Gasteiger partial charge in [-0.1, -0.05) is 41.4 Å². The highest BCUT2D eigenvalue weighted by molar-refractivity contribution is 7.20. The Balaban J connectivity index is 2.38. The van der Waals surface area contributed by atoms with E-state index < -0.39 is 12.7 Å². The van der Waals surface area contributed by atoms with E-state index in [0.29, 0.717) is 19.8 Å². The van der Waals surface area contributed by atoms with Crippen molar-refractivity contribution in [3.05, 3.63) is 50.1 Å². The van der Waals surface area contributed by atoms with Crippen LogP contribution in [-0.2, 0) is 0 Å². The average molecular weight is 324 g/mol. The predicted octanol–water partition coefficient (Wildman–Crippen LogP) is 4.70. The minimum absolute atomic E-state index is 0.0309. The third-order valence-electron chi connectivity index (χ3n) is 2.49. The SMILES string of the molecule is NC(c1ccccc1OC(F)F)c1cc(Cl)sc1Cl. The standard InChI is InChI=1S/C12H9Cl2F2NOS/c13-9-5-7(11(14)19-9)10(17)6-3-1-2-4-8(6)18-12(15)16/h1-5,10,12H,17H2. The molecule has 0 amide bonds. The maximum absolute atomic E-state index is 12.3. The summed E-state index contributed by atoms with van der Waals surface area (Å²) >= 11 is 13.0. The summed E-state index contributed by atoms with van der Waals surface area (Å²) in [6.45, 7) is -2.91. The summed E-state index contributed by atoms with van der Waals surface area (Å²) in [5, 5.41) is 0. The number of hydrogen-bond acceptors (Lipinski definition) is 3. The summed E-state index contributed by atoms with van der Waals surface area (Å²) in [6, 6.07) is 7.28. The van der Waals surface area contributed by atoms with Gasteiger partial charge in [-0.25, -0.2) is 0 Å². The molecule has 0 fully saturated rings. The van der Waals surface area contributed by atoms with Crippen LogP contribution in [0.4, 0.5) is 8.78 Å². The fourth-order valence-corrected chi connectivity index (χ4v) is 3.22. The van der Waals surface area contributed by atoms with Crippen LogP contribution in [0.2, 0.25) is 8.67 Å². The molecule has 7 heteroatoms. The largest absolute Gasteiger partial charge is 0.434 e. The van der Waals surface area contributed by atoms with E-state index in [-0.39, 0.29) is 5.75 Å². The van der Waals surface area contributed by atoms with Gasteiger partial charge in [-0.2, -0.15) is 8.78 Å². The molecule has 1 heterocycles. The molecule has 102 valence electrons. The summed E-state index contributed by atoms with van der Waals surface area (Å²) in [5.74, 6) is 0.0309. The predicted molar refractivity (Wildman–Crippen MR) is 73.4 cm³/mol. The van der Waals surface area contributed by atoms with Crippen LogP contribution in [0.15, 0.2) is 30.3 Å². The second-order valence-corrected chi connectivity index (χ2v) is 5.96. The minimum atomic E-state index is -2.91. The van der Waals surface area contributed by atoms with Gasteiger partial charge in [-0.15, -0.1) is 11.3 Å².